The van der Waals surface area contributed by atoms with E-state index in [0.717, 1.165) is 6.42 Å². The normalized spacial score (nSPS) is 9.50. The maximum atomic E-state index is 11.0. The molecule has 1 rings (SSSR count). The number of rotatable bonds is 4. The molecular weight excluding hydrogens is 180 g/mol. The van der Waals surface area contributed by atoms with Crippen molar-refractivity contribution >= 4 is 11.6 Å². The molecular formula is C10H14N2O2. The van der Waals surface area contributed by atoms with E-state index < -0.39 is 0 Å². The van der Waals surface area contributed by atoms with Crippen LogP contribution in [0.5, 0.6) is 5.75 Å². The van der Waals surface area contributed by atoms with Crippen LogP contribution in [0.15, 0.2) is 24.3 Å². The fourth-order valence-electron chi connectivity index (χ4n) is 0.930. The van der Waals surface area contributed by atoms with Crippen molar-refractivity contribution < 1.29 is 9.63 Å². The molecule has 0 fully saturated rings. The molecule has 3 N–H and O–H groups in total. The lowest BCUT2D eigenvalue weighted by Crippen LogP contribution is -2.26. The van der Waals surface area contributed by atoms with Gasteiger partial charge in [-0.05, 0) is 30.7 Å². The first kappa shape index (κ1) is 10.4. The predicted molar refractivity (Wildman–Crippen MR) is 54.5 cm³/mol. The number of hydroxylamine groups is 1. The third-order valence-corrected chi connectivity index (χ3v) is 1.64. The number of hydrogen-bond donors (Lipinski definition) is 2. The van der Waals surface area contributed by atoms with Gasteiger partial charge in [-0.2, -0.15) is 5.48 Å². The first-order chi connectivity index (χ1) is 6.72. The lowest BCUT2D eigenvalue weighted by molar-refractivity contribution is -0.127. The fourth-order valence-corrected chi connectivity index (χ4v) is 0.930. The Hall–Kier alpha value is -1.71. The second kappa shape index (κ2) is 5.11. The van der Waals surface area contributed by atoms with Crippen LogP contribution in [0.3, 0.4) is 0 Å². The van der Waals surface area contributed by atoms with E-state index in [9.17, 15) is 4.79 Å². The number of anilines is 1. The van der Waals surface area contributed by atoms with Crippen LogP contribution >= 0.6 is 0 Å². The molecule has 0 bridgehead atoms. The van der Waals surface area contributed by atoms with Gasteiger partial charge in [0.05, 0.1) is 0 Å². The Morgan fingerprint density at radius 3 is 2.64 bits per heavy atom. The van der Waals surface area contributed by atoms with Crippen LogP contribution in [0.25, 0.3) is 0 Å². The fraction of sp³-hybridized carbons (Fsp3) is 0.300. The quantitative estimate of drug-likeness (QED) is 0.563. The second-order valence-electron chi connectivity index (χ2n) is 2.95. The van der Waals surface area contributed by atoms with E-state index in [0.29, 0.717) is 17.9 Å². The van der Waals surface area contributed by atoms with Crippen LogP contribution < -0.4 is 16.1 Å². The number of amides is 1. The zero-order valence-corrected chi connectivity index (χ0v) is 8.12. The Morgan fingerprint density at radius 1 is 1.43 bits per heavy atom. The largest absolute Gasteiger partial charge is 0.399 e. The zero-order valence-electron chi connectivity index (χ0n) is 8.12. The molecule has 4 nitrogen and oxygen atoms in total. The summed E-state index contributed by atoms with van der Waals surface area (Å²) in [5.41, 5.74) is 8.49. The van der Waals surface area contributed by atoms with Crippen molar-refractivity contribution in [3.63, 3.8) is 0 Å². The Bertz CT molecular complexity index is 295. The molecule has 76 valence electrons. The van der Waals surface area contributed by atoms with Gasteiger partial charge in [-0.15, -0.1) is 0 Å². The highest BCUT2D eigenvalue weighted by Crippen LogP contribution is 2.11. The summed E-state index contributed by atoms with van der Waals surface area (Å²) in [7, 11) is 0. The van der Waals surface area contributed by atoms with E-state index in [1.54, 1.807) is 24.3 Å². The van der Waals surface area contributed by atoms with Gasteiger partial charge in [-0.25, -0.2) is 0 Å². The molecule has 0 atom stereocenters. The highest BCUT2D eigenvalue weighted by molar-refractivity contribution is 5.74. The van der Waals surface area contributed by atoms with E-state index in [4.69, 9.17) is 10.6 Å². The number of carbonyl (C=O) groups excluding carboxylic acids is 1. The van der Waals surface area contributed by atoms with Crippen molar-refractivity contribution in [2.24, 2.45) is 0 Å². The van der Waals surface area contributed by atoms with Gasteiger partial charge in [0.25, 0.3) is 5.91 Å². The molecule has 4 heteroatoms. The molecule has 1 amide bonds. The summed E-state index contributed by atoms with van der Waals surface area (Å²) < 4.78 is 0. The first-order valence-corrected chi connectivity index (χ1v) is 4.53. The molecule has 0 saturated heterocycles. The van der Waals surface area contributed by atoms with Gasteiger partial charge in [0.15, 0.2) is 5.75 Å². The van der Waals surface area contributed by atoms with Crippen molar-refractivity contribution in [2.45, 2.75) is 19.8 Å². The lowest BCUT2D eigenvalue weighted by Gasteiger charge is -2.05. The van der Waals surface area contributed by atoms with E-state index in [-0.39, 0.29) is 5.91 Å². The van der Waals surface area contributed by atoms with Gasteiger partial charge in [0.2, 0.25) is 0 Å². The van der Waals surface area contributed by atoms with Crippen molar-refractivity contribution in [1.29, 1.82) is 0 Å². The zero-order chi connectivity index (χ0) is 10.4. The van der Waals surface area contributed by atoms with Gasteiger partial charge in [-0.1, -0.05) is 6.92 Å². The third kappa shape index (κ3) is 3.35. The smallest absolute Gasteiger partial charge is 0.252 e. The SMILES string of the molecule is CCCC(=O)NOc1ccc(N)cc1. The summed E-state index contributed by atoms with van der Waals surface area (Å²) in [6.45, 7) is 1.93. The molecule has 0 radical (unpaired) electrons. The number of nitrogens with two attached hydrogens (primary N) is 1. The average molecular weight is 194 g/mol. The van der Waals surface area contributed by atoms with Crippen molar-refractivity contribution in [3.05, 3.63) is 24.3 Å². The van der Waals surface area contributed by atoms with E-state index >= 15 is 0 Å². The van der Waals surface area contributed by atoms with Gasteiger partial charge in [0, 0.05) is 12.1 Å². The molecule has 0 saturated carbocycles. The minimum Gasteiger partial charge on any atom is -0.399 e. The number of hydrogen-bond acceptors (Lipinski definition) is 3. The first-order valence-electron chi connectivity index (χ1n) is 4.53. The number of nitrogens with one attached hydrogen (secondary N) is 1. The summed E-state index contributed by atoms with van der Waals surface area (Å²) in [5, 5.41) is 0. The number of nitrogen functional groups attached to an aromatic ring is 1. The summed E-state index contributed by atoms with van der Waals surface area (Å²) >= 11 is 0. The van der Waals surface area contributed by atoms with E-state index in [1.807, 2.05) is 6.92 Å². The maximum absolute atomic E-state index is 11.0. The minimum atomic E-state index is -0.121. The van der Waals surface area contributed by atoms with Crippen molar-refractivity contribution in [2.75, 3.05) is 5.73 Å². The molecule has 14 heavy (non-hydrogen) atoms. The molecule has 1 aromatic carbocycles. The topological polar surface area (TPSA) is 64.3 Å². The van der Waals surface area contributed by atoms with Crippen molar-refractivity contribution in [1.82, 2.24) is 5.48 Å². The monoisotopic (exact) mass is 194 g/mol. The van der Waals surface area contributed by atoms with Gasteiger partial charge in [0.1, 0.15) is 0 Å². The van der Waals surface area contributed by atoms with Crippen LogP contribution in [0.4, 0.5) is 5.69 Å². The molecule has 0 aliphatic rings. The van der Waals surface area contributed by atoms with Gasteiger partial charge < -0.3 is 10.6 Å². The van der Waals surface area contributed by atoms with Crippen LogP contribution in [0.2, 0.25) is 0 Å². The summed E-state index contributed by atoms with van der Waals surface area (Å²) in [4.78, 5) is 16.0. The van der Waals surface area contributed by atoms with Crippen LogP contribution in [0.1, 0.15) is 19.8 Å². The van der Waals surface area contributed by atoms with Gasteiger partial charge in [-0.3, -0.25) is 4.79 Å². The highest BCUT2D eigenvalue weighted by Gasteiger charge is 1.99. The van der Waals surface area contributed by atoms with E-state index in [2.05, 4.69) is 5.48 Å². The predicted octanol–water partition coefficient (Wildman–Crippen LogP) is 1.48. The highest BCUT2D eigenvalue weighted by atomic mass is 16.7. The Morgan fingerprint density at radius 2 is 2.07 bits per heavy atom. The Labute approximate surface area is 83.0 Å². The molecule has 0 heterocycles. The van der Waals surface area contributed by atoms with E-state index in [1.165, 1.54) is 0 Å². The Kier molecular flexibility index (Phi) is 3.79. The van der Waals surface area contributed by atoms with Crippen LogP contribution in [-0.2, 0) is 4.79 Å². The van der Waals surface area contributed by atoms with Crippen LogP contribution in [0, 0.1) is 0 Å². The Balaban J connectivity index is 2.38. The summed E-state index contributed by atoms with van der Waals surface area (Å²) in [6, 6.07) is 6.81. The summed E-state index contributed by atoms with van der Waals surface area (Å²) in [6.07, 6.45) is 1.27. The molecule has 0 aliphatic carbocycles. The number of carbonyl (C=O) groups is 1. The maximum Gasteiger partial charge on any atom is 0.252 e. The molecule has 0 spiro atoms. The number of benzene rings is 1. The molecule has 0 unspecified atom stereocenters. The van der Waals surface area contributed by atoms with Crippen molar-refractivity contribution in [3.8, 4) is 5.75 Å². The minimum absolute atomic E-state index is 0.121. The second-order valence-corrected chi connectivity index (χ2v) is 2.95. The average Bonchev–Trinajstić information content (AvgIpc) is 2.17. The van der Waals surface area contributed by atoms with Gasteiger partial charge >= 0.3 is 0 Å². The molecule has 1 aromatic rings. The third-order valence-electron chi connectivity index (χ3n) is 1.64. The lowest BCUT2D eigenvalue weighted by atomic mass is 10.3. The molecule has 0 aromatic heterocycles. The standard InChI is InChI=1S/C10H14N2O2/c1-2-3-10(13)12-14-9-6-4-8(11)5-7-9/h4-7H,2-3,11H2,1H3,(H,12,13). The van der Waals surface area contributed by atoms with Crippen LogP contribution in [-0.4, -0.2) is 5.91 Å². The summed E-state index contributed by atoms with van der Waals surface area (Å²) in [5.74, 6) is 0.452. The molecule has 0 aliphatic heterocycles.